The first-order valence-corrected chi connectivity index (χ1v) is 8.84. The van der Waals surface area contributed by atoms with Gasteiger partial charge < -0.3 is 15.3 Å². The fourth-order valence-electron chi connectivity index (χ4n) is 4.10. The number of carbonyl (C=O) groups excluding carboxylic acids is 1. The Morgan fingerprint density at radius 3 is 3.04 bits per heavy atom. The summed E-state index contributed by atoms with van der Waals surface area (Å²) < 4.78 is 0. The highest BCUT2D eigenvalue weighted by Gasteiger charge is 2.33. The van der Waals surface area contributed by atoms with Crippen LogP contribution in [0.1, 0.15) is 43.7 Å². The number of aliphatic hydroxyl groups excluding tert-OH is 1. The lowest BCUT2D eigenvalue weighted by atomic mass is 9.71. The zero-order chi connectivity index (χ0) is 16.3. The highest BCUT2D eigenvalue weighted by Crippen LogP contribution is 2.36. The van der Waals surface area contributed by atoms with E-state index in [9.17, 15) is 9.90 Å². The molecule has 2 amide bonds. The Bertz CT molecular complexity index is 560. The number of piperidine rings is 1. The Labute approximate surface area is 138 Å². The van der Waals surface area contributed by atoms with Gasteiger partial charge in [0.05, 0.1) is 0 Å². The number of fused-ring (bicyclic) bond motifs is 1. The lowest BCUT2D eigenvalue weighted by Gasteiger charge is -2.38. The fraction of sp³-hybridized carbons (Fsp3) is 0.632. The summed E-state index contributed by atoms with van der Waals surface area (Å²) in [6.07, 6.45) is 5.44. The van der Waals surface area contributed by atoms with Gasteiger partial charge in [-0.05, 0) is 49.1 Å². The molecule has 1 fully saturated rings. The molecule has 1 aromatic carbocycles. The van der Waals surface area contributed by atoms with Crippen molar-refractivity contribution in [2.45, 2.75) is 44.4 Å². The molecule has 2 N–H and O–H groups in total. The number of rotatable bonds is 3. The zero-order valence-corrected chi connectivity index (χ0v) is 14.1. The Morgan fingerprint density at radius 2 is 2.22 bits per heavy atom. The van der Waals surface area contributed by atoms with Crippen molar-refractivity contribution in [3.05, 3.63) is 35.4 Å². The largest absolute Gasteiger partial charge is 0.396 e. The first-order chi connectivity index (χ1) is 11.1. The van der Waals surface area contributed by atoms with E-state index in [4.69, 9.17) is 0 Å². The van der Waals surface area contributed by atoms with E-state index in [0.29, 0.717) is 13.1 Å². The molecule has 1 aliphatic carbocycles. The summed E-state index contributed by atoms with van der Waals surface area (Å²) in [7, 11) is 0. The van der Waals surface area contributed by atoms with E-state index in [1.165, 1.54) is 17.5 Å². The summed E-state index contributed by atoms with van der Waals surface area (Å²) >= 11 is 0. The normalized spacial score (nSPS) is 27.4. The van der Waals surface area contributed by atoms with Crippen LogP contribution in [0.4, 0.5) is 4.79 Å². The minimum atomic E-state index is 0.0208. The molecule has 4 heteroatoms. The molecule has 0 unspecified atom stereocenters. The van der Waals surface area contributed by atoms with Crippen molar-refractivity contribution in [1.29, 1.82) is 0 Å². The molecule has 0 saturated carbocycles. The molecule has 0 aromatic heterocycles. The molecule has 1 heterocycles. The smallest absolute Gasteiger partial charge is 0.317 e. The second-order valence-corrected chi connectivity index (χ2v) is 7.37. The van der Waals surface area contributed by atoms with Gasteiger partial charge in [-0.1, -0.05) is 31.2 Å². The van der Waals surface area contributed by atoms with Crippen molar-refractivity contribution < 1.29 is 9.90 Å². The first-order valence-electron chi connectivity index (χ1n) is 8.84. The van der Waals surface area contributed by atoms with Crippen molar-refractivity contribution in [3.63, 3.8) is 0 Å². The molecule has 1 aliphatic heterocycles. The van der Waals surface area contributed by atoms with E-state index in [1.54, 1.807) is 0 Å². The number of nitrogens with one attached hydrogen (secondary N) is 1. The molecule has 126 valence electrons. The molecule has 0 radical (unpaired) electrons. The Morgan fingerprint density at radius 1 is 1.39 bits per heavy atom. The molecular formula is C19H28N2O2. The third-order valence-corrected chi connectivity index (χ3v) is 5.54. The third-order valence-electron chi connectivity index (χ3n) is 5.54. The van der Waals surface area contributed by atoms with Crippen LogP contribution in [-0.4, -0.2) is 42.3 Å². The number of hydrogen-bond donors (Lipinski definition) is 2. The SMILES string of the molecule is C[C@@]1(CNC(=O)N2CCC[C@@H](CO)C2)CCCc2ccccc21. The van der Waals surface area contributed by atoms with Crippen molar-refractivity contribution in [2.75, 3.05) is 26.2 Å². The summed E-state index contributed by atoms with van der Waals surface area (Å²) in [5, 5.41) is 12.5. The maximum Gasteiger partial charge on any atom is 0.317 e. The number of aliphatic hydroxyl groups is 1. The molecule has 2 aliphatic rings. The third kappa shape index (κ3) is 3.52. The number of carbonyl (C=O) groups is 1. The van der Waals surface area contributed by atoms with E-state index in [0.717, 1.165) is 32.2 Å². The Balaban J connectivity index is 1.63. The summed E-state index contributed by atoms with van der Waals surface area (Å²) in [5.41, 5.74) is 2.84. The van der Waals surface area contributed by atoms with Crippen LogP contribution < -0.4 is 5.32 Å². The Kier molecular flexibility index (Phi) is 4.90. The van der Waals surface area contributed by atoms with Crippen LogP contribution in [0.15, 0.2) is 24.3 Å². The van der Waals surface area contributed by atoms with Crippen molar-refractivity contribution >= 4 is 6.03 Å². The van der Waals surface area contributed by atoms with Crippen molar-refractivity contribution in [3.8, 4) is 0 Å². The average molecular weight is 316 g/mol. The number of amides is 2. The van der Waals surface area contributed by atoms with Crippen molar-refractivity contribution in [2.24, 2.45) is 5.92 Å². The lowest BCUT2D eigenvalue weighted by Crippen LogP contribution is -2.49. The quantitative estimate of drug-likeness (QED) is 0.901. The molecule has 4 nitrogen and oxygen atoms in total. The zero-order valence-electron chi connectivity index (χ0n) is 14.1. The van der Waals surface area contributed by atoms with Crippen LogP contribution >= 0.6 is 0 Å². The molecular weight excluding hydrogens is 288 g/mol. The van der Waals surface area contributed by atoms with Gasteiger partial charge in [0, 0.05) is 31.7 Å². The molecule has 1 aromatic rings. The minimum absolute atomic E-state index is 0.0208. The second-order valence-electron chi connectivity index (χ2n) is 7.37. The number of likely N-dealkylation sites (tertiary alicyclic amines) is 1. The predicted molar refractivity (Wildman–Crippen MR) is 91.5 cm³/mol. The average Bonchev–Trinajstić information content (AvgIpc) is 2.60. The summed E-state index contributed by atoms with van der Waals surface area (Å²) in [5.74, 6) is 0.237. The standard InChI is InChI=1S/C19H28N2O2/c1-19(10-4-8-16-7-2-3-9-17(16)19)14-20-18(23)21-11-5-6-15(12-21)13-22/h2-3,7,9,15,22H,4-6,8,10-14H2,1H3,(H,20,23)/t15-,19+/m1/s1. The second kappa shape index (κ2) is 6.91. The summed E-state index contributed by atoms with van der Waals surface area (Å²) in [6, 6.07) is 8.65. The summed E-state index contributed by atoms with van der Waals surface area (Å²) in [6.45, 7) is 4.60. The van der Waals surface area contributed by atoms with E-state index < -0.39 is 0 Å². The van der Waals surface area contributed by atoms with Crippen LogP contribution in [0.25, 0.3) is 0 Å². The molecule has 0 bridgehead atoms. The van der Waals surface area contributed by atoms with Gasteiger partial charge >= 0.3 is 6.03 Å². The number of urea groups is 1. The van der Waals surface area contributed by atoms with E-state index in [1.807, 2.05) is 4.90 Å². The minimum Gasteiger partial charge on any atom is -0.396 e. The van der Waals surface area contributed by atoms with E-state index in [2.05, 4.69) is 36.5 Å². The van der Waals surface area contributed by atoms with Crippen LogP contribution in [0.2, 0.25) is 0 Å². The molecule has 2 atom stereocenters. The van der Waals surface area contributed by atoms with Gasteiger partial charge in [0.25, 0.3) is 0 Å². The van der Waals surface area contributed by atoms with Gasteiger partial charge in [-0.2, -0.15) is 0 Å². The number of nitrogens with zero attached hydrogens (tertiary/aromatic N) is 1. The van der Waals surface area contributed by atoms with Gasteiger partial charge in [0.15, 0.2) is 0 Å². The molecule has 23 heavy (non-hydrogen) atoms. The molecule has 3 rings (SSSR count). The van der Waals surface area contributed by atoms with Crippen LogP contribution in [0.3, 0.4) is 0 Å². The summed E-state index contributed by atoms with van der Waals surface area (Å²) in [4.78, 5) is 14.4. The van der Waals surface area contributed by atoms with Crippen LogP contribution in [0, 0.1) is 5.92 Å². The maximum atomic E-state index is 12.5. The molecule has 0 spiro atoms. The monoisotopic (exact) mass is 316 g/mol. The fourth-order valence-corrected chi connectivity index (χ4v) is 4.10. The highest BCUT2D eigenvalue weighted by atomic mass is 16.3. The number of benzene rings is 1. The van der Waals surface area contributed by atoms with Gasteiger partial charge in [0.2, 0.25) is 0 Å². The topological polar surface area (TPSA) is 52.6 Å². The van der Waals surface area contributed by atoms with Crippen LogP contribution in [0.5, 0.6) is 0 Å². The van der Waals surface area contributed by atoms with Gasteiger partial charge in [0.1, 0.15) is 0 Å². The lowest BCUT2D eigenvalue weighted by molar-refractivity contribution is 0.128. The Hall–Kier alpha value is -1.55. The van der Waals surface area contributed by atoms with Gasteiger partial charge in [-0.25, -0.2) is 4.79 Å². The van der Waals surface area contributed by atoms with E-state index in [-0.39, 0.29) is 24.0 Å². The van der Waals surface area contributed by atoms with E-state index >= 15 is 0 Å². The highest BCUT2D eigenvalue weighted by molar-refractivity contribution is 5.74. The van der Waals surface area contributed by atoms with Gasteiger partial charge in [-0.3, -0.25) is 0 Å². The predicted octanol–water partition coefficient (Wildman–Crippen LogP) is 2.69. The number of hydrogen-bond acceptors (Lipinski definition) is 2. The first kappa shape index (κ1) is 16.3. The van der Waals surface area contributed by atoms with Crippen molar-refractivity contribution in [1.82, 2.24) is 10.2 Å². The molecule has 1 saturated heterocycles. The van der Waals surface area contributed by atoms with Gasteiger partial charge in [-0.15, -0.1) is 0 Å². The van der Waals surface area contributed by atoms with Crippen LogP contribution in [-0.2, 0) is 11.8 Å². The number of aryl methyl sites for hydroxylation is 1. The maximum absolute atomic E-state index is 12.5.